The minimum Gasteiger partial charge on any atom is -0.356 e. The monoisotopic (exact) mass is 452 g/mol. The molecule has 11 heteroatoms. The standard InChI is InChI=1S/C21H21ClN8O2/c1-2-18(31)26-13-4-3-5-14(8-13)27-20-17(22)11-24-21(29-20)28-15-10-25-30(12-15)16-6-7-23-19(32)9-16/h2-5,8,10-12,16H,1,6-7,9H2,(H,23,32)(H,26,31)(H2,24,27,28,29). The third kappa shape index (κ3) is 5.22. The Morgan fingerprint density at radius 2 is 2.09 bits per heavy atom. The van der Waals surface area contributed by atoms with Gasteiger partial charge in [0.15, 0.2) is 5.82 Å². The minimum absolute atomic E-state index is 0.0242. The van der Waals surface area contributed by atoms with E-state index in [4.69, 9.17) is 11.6 Å². The zero-order chi connectivity index (χ0) is 22.5. The number of hydrogen-bond donors (Lipinski definition) is 4. The molecule has 3 aromatic rings. The smallest absolute Gasteiger partial charge is 0.247 e. The summed E-state index contributed by atoms with van der Waals surface area (Å²) in [6.45, 7) is 4.08. The van der Waals surface area contributed by atoms with Crippen molar-refractivity contribution in [1.29, 1.82) is 0 Å². The van der Waals surface area contributed by atoms with E-state index in [1.807, 2.05) is 12.3 Å². The van der Waals surface area contributed by atoms with Gasteiger partial charge in [0.1, 0.15) is 5.02 Å². The predicted octanol–water partition coefficient (Wildman–Crippen LogP) is 3.39. The SMILES string of the molecule is C=CC(=O)Nc1cccc(Nc2nc(Nc3cnn(C4CCNC(=O)C4)c3)ncc2Cl)c1. The highest BCUT2D eigenvalue weighted by Gasteiger charge is 2.21. The molecular formula is C21H21ClN8O2. The molecule has 0 spiro atoms. The second-order valence-corrected chi connectivity index (χ2v) is 7.53. The number of halogens is 1. The van der Waals surface area contributed by atoms with Gasteiger partial charge in [0.2, 0.25) is 17.8 Å². The molecule has 1 atom stereocenters. The van der Waals surface area contributed by atoms with Crippen molar-refractivity contribution >= 4 is 52.2 Å². The fraction of sp³-hybridized carbons (Fsp3) is 0.190. The normalized spacial score (nSPS) is 15.5. The zero-order valence-corrected chi connectivity index (χ0v) is 17.8. The molecule has 0 bridgehead atoms. The average molecular weight is 453 g/mol. The van der Waals surface area contributed by atoms with Crippen molar-refractivity contribution in [1.82, 2.24) is 25.1 Å². The average Bonchev–Trinajstić information content (AvgIpc) is 3.25. The molecule has 4 rings (SSSR count). The van der Waals surface area contributed by atoms with Crippen LogP contribution in [0.5, 0.6) is 0 Å². The van der Waals surface area contributed by atoms with Crippen LogP contribution in [0.25, 0.3) is 0 Å². The van der Waals surface area contributed by atoms with Gasteiger partial charge in [-0.15, -0.1) is 0 Å². The van der Waals surface area contributed by atoms with Gasteiger partial charge in [-0.05, 0) is 30.7 Å². The van der Waals surface area contributed by atoms with Crippen molar-refractivity contribution in [3.05, 3.63) is 60.5 Å². The zero-order valence-electron chi connectivity index (χ0n) is 17.0. The summed E-state index contributed by atoms with van der Waals surface area (Å²) in [5.41, 5.74) is 1.98. The minimum atomic E-state index is -0.303. The van der Waals surface area contributed by atoms with Crippen LogP contribution < -0.4 is 21.3 Å². The van der Waals surface area contributed by atoms with Crippen LogP contribution in [0.3, 0.4) is 0 Å². The number of hydrogen-bond acceptors (Lipinski definition) is 7. The lowest BCUT2D eigenvalue weighted by Gasteiger charge is -2.22. The van der Waals surface area contributed by atoms with E-state index < -0.39 is 0 Å². The van der Waals surface area contributed by atoms with Crippen molar-refractivity contribution in [2.24, 2.45) is 0 Å². The van der Waals surface area contributed by atoms with Gasteiger partial charge in [-0.25, -0.2) is 4.98 Å². The number of carbonyl (C=O) groups is 2. The topological polar surface area (TPSA) is 126 Å². The maximum Gasteiger partial charge on any atom is 0.247 e. The molecule has 4 N–H and O–H groups in total. The predicted molar refractivity (Wildman–Crippen MR) is 122 cm³/mol. The number of aromatic nitrogens is 4. The van der Waals surface area contributed by atoms with Crippen molar-refractivity contribution < 1.29 is 9.59 Å². The fourth-order valence-corrected chi connectivity index (χ4v) is 3.38. The first-order valence-electron chi connectivity index (χ1n) is 9.91. The van der Waals surface area contributed by atoms with E-state index in [1.54, 1.807) is 29.1 Å². The highest BCUT2D eigenvalue weighted by molar-refractivity contribution is 6.32. The van der Waals surface area contributed by atoms with Crippen molar-refractivity contribution in [2.45, 2.75) is 18.9 Å². The molecule has 0 saturated carbocycles. The number of anilines is 5. The van der Waals surface area contributed by atoms with Gasteiger partial charge in [0, 0.05) is 30.5 Å². The number of benzene rings is 1. The highest BCUT2D eigenvalue weighted by Crippen LogP contribution is 2.27. The first-order valence-corrected chi connectivity index (χ1v) is 10.3. The molecule has 1 aliphatic heterocycles. The lowest BCUT2D eigenvalue weighted by atomic mass is 10.1. The summed E-state index contributed by atoms with van der Waals surface area (Å²) in [7, 11) is 0. The van der Waals surface area contributed by atoms with E-state index >= 15 is 0 Å². The van der Waals surface area contributed by atoms with E-state index in [9.17, 15) is 9.59 Å². The molecule has 3 heterocycles. The second-order valence-electron chi connectivity index (χ2n) is 7.12. The van der Waals surface area contributed by atoms with Crippen molar-refractivity contribution in [2.75, 3.05) is 22.5 Å². The molecule has 1 saturated heterocycles. The molecule has 1 unspecified atom stereocenters. The Labute approximate surface area is 189 Å². The molecule has 10 nitrogen and oxygen atoms in total. The van der Waals surface area contributed by atoms with Gasteiger partial charge in [0.25, 0.3) is 0 Å². The summed E-state index contributed by atoms with van der Waals surface area (Å²) in [6, 6.07) is 7.14. The van der Waals surface area contributed by atoms with Crippen molar-refractivity contribution in [3.8, 4) is 0 Å². The van der Waals surface area contributed by atoms with Gasteiger partial charge in [-0.3, -0.25) is 14.3 Å². The Balaban J connectivity index is 1.46. The summed E-state index contributed by atoms with van der Waals surface area (Å²) in [5, 5.41) is 16.4. The number of nitrogens with one attached hydrogen (secondary N) is 4. The molecule has 1 fully saturated rings. The van der Waals surface area contributed by atoms with E-state index in [1.165, 1.54) is 12.3 Å². The highest BCUT2D eigenvalue weighted by atomic mass is 35.5. The molecule has 164 valence electrons. The Bertz CT molecular complexity index is 1160. The third-order valence-corrected chi connectivity index (χ3v) is 5.05. The number of amides is 2. The van der Waals surface area contributed by atoms with Gasteiger partial charge in [0.05, 0.1) is 24.1 Å². The molecule has 1 aliphatic rings. The fourth-order valence-electron chi connectivity index (χ4n) is 3.24. The van der Waals surface area contributed by atoms with Gasteiger partial charge in [-0.1, -0.05) is 24.2 Å². The number of carbonyl (C=O) groups excluding carboxylic acids is 2. The molecule has 2 aromatic heterocycles. The van der Waals surface area contributed by atoms with Crippen LogP contribution in [0, 0.1) is 0 Å². The Hall–Kier alpha value is -3.92. The van der Waals surface area contributed by atoms with E-state index in [0.29, 0.717) is 46.8 Å². The molecule has 1 aromatic carbocycles. The number of piperidine rings is 1. The van der Waals surface area contributed by atoms with E-state index in [-0.39, 0.29) is 17.9 Å². The van der Waals surface area contributed by atoms with Gasteiger partial charge >= 0.3 is 0 Å². The molecule has 0 aliphatic carbocycles. The van der Waals surface area contributed by atoms with Crippen LogP contribution in [0.4, 0.5) is 28.8 Å². The van der Waals surface area contributed by atoms with Crippen LogP contribution in [-0.4, -0.2) is 38.1 Å². The first kappa shape index (κ1) is 21.3. The van der Waals surface area contributed by atoms with Crippen LogP contribution in [0.1, 0.15) is 18.9 Å². The summed E-state index contributed by atoms with van der Waals surface area (Å²) >= 11 is 6.26. The van der Waals surface area contributed by atoms with Crippen LogP contribution in [0.2, 0.25) is 5.02 Å². The maximum absolute atomic E-state index is 11.6. The first-order chi connectivity index (χ1) is 15.5. The third-order valence-electron chi connectivity index (χ3n) is 4.77. The van der Waals surface area contributed by atoms with E-state index in [0.717, 1.165) is 6.42 Å². The second kappa shape index (κ2) is 9.48. The quantitative estimate of drug-likeness (QED) is 0.405. The van der Waals surface area contributed by atoms with Crippen LogP contribution in [-0.2, 0) is 9.59 Å². The summed E-state index contributed by atoms with van der Waals surface area (Å²) in [6.07, 6.45) is 7.38. The summed E-state index contributed by atoms with van der Waals surface area (Å²) in [4.78, 5) is 31.8. The largest absolute Gasteiger partial charge is 0.356 e. The van der Waals surface area contributed by atoms with Gasteiger partial charge < -0.3 is 21.3 Å². The Kier molecular flexibility index (Phi) is 6.31. The van der Waals surface area contributed by atoms with Crippen LogP contribution in [0.15, 0.2) is 55.5 Å². The summed E-state index contributed by atoms with van der Waals surface area (Å²) < 4.78 is 1.78. The van der Waals surface area contributed by atoms with E-state index in [2.05, 4.69) is 42.9 Å². The van der Waals surface area contributed by atoms with Gasteiger partial charge in [-0.2, -0.15) is 10.1 Å². The maximum atomic E-state index is 11.6. The Morgan fingerprint density at radius 3 is 2.91 bits per heavy atom. The van der Waals surface area contributed by atoms with Crippen molar-refractivity contribution in [3.63, 3.8) is 0 Å². The Morgan fingerprint density at radius 1 is 1.25 bits per heavy atom. The van der Waals surface area contributed by atoms with Crippen LogP contribution >= 0.6 is 11.6 Å². The molecule has 0 radical (unpaired) electrons. The number of rotatable bonds is 7. The molecule has 2 amide bonds. The molecule has 32 heavy (non-hydrogen) atoms. The number of nitrogens with zero attached hydrogens (tertiary/aromatic N) is 4. The summed E-state index contributed by atoms with van der Waals surface area (Å²) in [5.74, 6) is 0.445. The lowest BCUT2D eigenvalue weighted by Crippen LogP contribution is -2.34. The lowest BCUT2D eigenvalue weighted by molar-refractivity contribution is -0.123. The molecular weight excluding hydrogens is 432 g/mol.